The Morgan fingerprint density at radius 1 is 1.41 bits per heavy atom. The zero-order valence-electron chi connectivity index (χ0n) is 8.71. The fourth-order valence-corrected chi connectivity index (χ4v) is 4.83. The predicted molar refractivity (Wildman–Crippen MR) is 75.2 cm³/mol. The second kappa shape index (κ2) is 4.81. The van der Waals surface area contributed by atoms with Crippen molar-refractivity contribution >= 4 is 53.5 Å². The summed E-state index contributed by atoms with van der Waals surface area (Å²) in [6, 6.07) is 4.73. The maximum absolute atomic E-state index is 12.1. The van der Waals surface area contributed by atoms with E-state index in [9.17, 15) is 8.42 Å². The van der Waals surface area contributed by atoms with E-state index in [0.29, 0.717) is 5.33 Å². The molecule has 1 fully saturated rings. The number of nitrogens with one attached hydrogen (secondary N) is 1. The molecule has 1 saturated carbocycles. The van der Waals surface area contributed by atoms with Gasteiger partial charge >= 0.3 is 0 Å². The molecule has 0 spiro atoms. The summed E-state index contributed by atoms with van der Waals surface area (Å²) in [4.78, 5) is 0.120. The lowest BCUT2D eigenvalue weighted by Crippen LogP contribution is -2.38. The average molecular weight is 404 g/mol. The van der Waals surface area contributed by atoms with E-state index in [0.717, 1.165) is 17.3 Å². The number of benzene rings is 1. The van der Waals surface area contributed by atoms with E-state index in [1.165, 1.54) is 6.07 Å². The third-order valence-electron chi connectivity index (χ3n) is 2.64. The van der Waals surface area contributed by atoms with Gasteiger partial charge in [-0.1, -0.05) is 43.5 Å². The van der Waals surface area contributed by atoms with Crippen molar-refractivity contribution in [3.05, 3.63) is 27.7 Å². The Labute approximate surface area is 122 Å². The van der Waals surface area contributed by atoms with E-state index in [2.05, 4.69) is 36.6 Å². The Morgan fingerprint density at radius 3 is 2.53 bits per heavy atom. The molecule has 7 heteroatoms. The maximum atomic E-state index is 12.1. The number of alkyl halides is 1. The number of hydrogen-bond acceptors (Lipinski definition) is 2. The van der Waals surface area contributed by atoms with Gasteiger partial charge in [-0.15, -0.1) is 0 Å². The van der Waals surface area contributed by atoms with Gasteiger partial charge in [0.05, 0.1) is 5.02 Å². The molecule has 17 heavy (non-hydrogen) atoms. The smallest absolute Gasteiger partial charge is 0.207 e. The Kier molecular flexibility index (Phi) is 3.91. The summed E-state index contributed by atoms with van der Waals surface area (Å²) in [6.45, 7) is 0. The molecular weight excluding hydrogens is 393 g/mol. The molecule has 0 radical (unpaired) electrons. The second-order valence-corrected chi connectivity index (χ2v) is 7.63. The molecule has 0 saturated heterocycles. The van der Waals surface area contributed by atoms with Crippen LogP contribution in [0.3, 0.4) is 0 Å². The lowest BCUT2D eigenvalue weighted by atomic mass is 10.4. The van der Waals surface area contributed by atoms with Gasteiger partial charge in [0.1, 0.15) is 4.90 Å². The Balaban J connectivity index is 2.32. The SMILES string of the molecule is O=S(=O)(NC1(CBr)CC1)c1ccc(Br)cc1Cl. The predicted octanol–water partition coefficient (Wildman–Crippen LogP) is 3.31. The summed E-state index contributed by atoms with van der Waals surface area (Å²) < 4.78 is 27.7. The van der Waals surface area contributed by atoms with Crippen LogP contribution in [0.2, 0.25) is 5.02 Å². The minimum Gasteiger partial charge on any atom is -0.207 e. The van der Waals surface area contributed by atoms with E-state index in [-0.39, 0.29) is 15.5 Å². The molecule has 0 amide bonds. The van der Waals surface area contributed by atoms with Crippen LogP contribution in [-0.4, -0.2) is 19.3 Å². The lowest BCUT2D eigenvalue weighted by Gasteiger charge is -2.15. The largest absolute Gasteiger partial charge is 0.242 e. The van der Waals surface area contributed by atoms with Crippen molar-refractivity contribution in [3.8, 4) is 0 Å². The molecule has 0 heterocycles. The Morgan fingerprint density at radius 2 is 2.06 bits per heavy atom. The highest BCUT2D eigenvalue weighted by atomic mass is 79.9. The van der Waals surface area contributed by atoms with Gasteiger partial charge in [0, 0.05) is 15.3 Å². The first-order chi connectivity index (χ1) is 7.88. The molecule has 0 bridgehead atoms. The van der Waals surface area contributed by atoms with E-state index in [4.69, 9.17) is 11.6 Å². The number of halogens is 3. The normalized spacial score (nSPS) is 18.1. The molecule has 3 nitrogen and oxygen atoms in total. The van der Waals surface area contributed by atoms with Crippen LogP contribution in [0.15, 0.2) is 27.6 Å². The highest BCUT2D eigenvalue weighted by Gasteiger charge is 2.45. The van der Waals surface area contributed by atoms with E-state index in [1.807, 2.05) is 0 Å². The molecule has 0 atom stereocenters. The van der Waals surface area contributed by atoms with Crippen molar-refractivity contribution in [2.45, 2.75) is 23.3 Å². The number of sulfonamides is 1. The third kappa shape index (κ3) is 3.04. The zero-order chi connectivity index (χ0) is 12.7. The van der Waals surface area contributed by atoms with Crippen LogP contribution in [-0.2, 0) is 10.0 Å². The van der Waals surface area contributed by atoms with Gasteiger partial charge in [0.15, 0.2) is 0 Å². The first-order valence-corrected chi connectivity index (χ1v) is 8.71. The molecule has 0 aliphatic heterocycles. The molecule has 1 aliphatic carbocycles. The van der Waals surface area contributed by atoms with Crippen molar-refractivity contribution in [2.75, 3.05) is 5.33 Å². The zero-order valence-corrected chi connectivity index (χ0v) is 13.5. The summed E-state index contributed by atoms with van der Waals surface area (Å²) in [6.07, 6.45) is 1.71. The van der Waals surface area contributed by atoms with Crippen LogP contribution in [0.25, 0.3) is 0 Å². The minimum absolute atomic E-state index is 0.120. The first kappa shape index (κ1) is 13.8. The monoisotopic (exact) mass is 401 g/mol. The molecule has 0 aromatic heterocycles. The topological polar surface area (TPSA) is 46.2 Å². The molecule has 1 aromatic rings. The third-order valence-corrected chi connectivity index (χ3v) is 6.27. The van der Waals surface area contributed by atoms with Gasteiger partial charge in [-0.2, -0.15) is 0 Å². The molecule has 1 aliphatic rings. The van der Waals surface area contributed by atoms with Gasteiger partial charge in [-0.3, -0.25) is 0 Å². The maximum Gasteiger partial charge on any atom is 0.242 e. The average Bonchev–Trinajstić information content (AvgIpc) is 2.97. The summed E-state index contributed by atoms with van der Waals surface area (Å²) in [5, 5.41) is 0.838. The van der Waals surface area contributed by atoms with Crippen LogP contribution in [0.1, 0.15) is 12.8 Å². The molecule has 0 unspecified atom stereocenters. The molecular formula is C10H10Br2ClNO2S. The molecule has 1 N–H and O–H groups in total. The molecule has 1 aromatic carbocycles. The van der Waals surface area contributed by atoms with Crippen LogP contribution in [0.5, 0.6) is 0 Å². The number of rotatable bonds is 4. The van der Waals surface area contributed by atoms with Crippen molar-refractivity contribution in [1.29, 1.82) is 0 Å². The van der Waals surface area contributed by atoms with Crippen molar-refractivity contribution in [2.24, 2.45) is 0 Å². The quantitative estimate of drug-likeness (QED) is 0.784. The van der Waals surface area contributed by atoms with Gasteiger partial charge in [0.2, 0.25) is 10.0 Å². The van der Waals surface area contributed by atoms with Gasteiger partial charge in [-0.05, 0) is 31.0 Å². The highest BCUT2D eigenvalue weighted by Crippen LogP contribution is 2.39. The van der Waals surface area contributed by atoms with Crippen LogP contribution in [0, 0.1) is 0 Å². The molecule has 94 valence electrons. The van der Waals surface area contributed by atoms with Crippen LogP contribution < -0.4 is 4.72 Å². The second-order valence-electron chi connectivity index (χ2n) is 4.09. The van der Waals surface area contributed by atoms with Gasteiger partial charge < -0.3 is 0 Å². The fraction of sp³-hybridized carbons (Fsp3) is 0.400. The van der Waals surface area contributed by atoms with E-state index < -0.39 is 10.0 Å². The summed E-state index contributed by atoms with van der Waals surface area (Å²) in [5.41, 5.74) is -0.324. The van der Waals surface area contributed by atoms with Crippen LogP contribution >= 0.6 is 43.5 Å². The minimum atomic E-state index is -3.55. The standard InChI is InChI=1S/C10H10Br2ClNO2S/c11-6-10(3-4-10)14-17(15,16)9-2-1-7(12)5-8(9)13/h1-2,5,14H,3-4,6H2. The highest BCUT2D eigenvalue weighted by molar-refractivity contribution is 9.10. The van der Waals surface area contributed by atoms with E-state index in [1.54, 1.807) is 12.1 Å². The number of hydrogen-bond donors (Lipinski definition) is 1. The lowest BCUT2D eigenvalue weighted by molar-refractivity contribution is 0.561. The van der Waals surface area contributed by atoms with Crippen molar-refractivity contribution in [3.63, 3.8) is 0 Å². The molecule has 2 rings (SSSR count). The summed E-state index contributed by atoms with van der Waals surface area (Å²) in [5.74, 6) is 0. The van der Waals surface area contributed by atoms with Crippen molar-refractivity contribution in [1.82, 2.24) is 4.72 Å². The van der Waals surface area contributed by atoms with Gasteiger partial charge in [0.25, 0.3) is 0 Å². The Hall–Kier alpha value is 0.380. The first-order valence-electron chi connectivity index (χ1n) is 4.94. The fourth-order valence-electron chi connectivity index (χ4n) is 1.45. The van der Waals surface area contributed by atoms with Crippen molar-refractivity contribution < 1.29 is 8.42 Å². The van der Waals surface area contributed by atoms with Crippen LogP contribution in [0.4, 0.5) is 0 Å². The van der Waals surface area contributed by atoms with E-state index >= 15 is 0 Å². The van der Waals surface area contributed by atoms with Gasteiger partial charge in [-0.25, -0.2) is 13.1 Å². The summed E-state index contributed by atoms with van der Waals surface area (Å²) >= 11 is 12.5. The Bertz CT molecular complexity index is 543. The summed E-state index contributed by atoms with van der Waals surface area (Å²) in [7, 11) is -3.55.